The van der Waals surface area contributed by atoms with E-state index in [0.29, 0.717) is 6.54 Å². The second-order valence-corrected chi connectivity index (χ2v) is 5.16. The lowest BCUT2D eigenvalue weighted by Gasteiger charge is -2.36. The van der Waals surface area contributed by atoms with Crippen molar-refractivity contribution >= 4 is 5.69 Å². The topological polar surface area (TPSA) is 58.7 Å². The first-order valence-corrected chi connectivity index (χ1v) is 6.46. The quantitative estimate of drug-likeness (QED) is 0.796. The molecule has 3 N–H and O–H groups in total. The molecular formula is C14H22N2O2. The second-order valence-electron chi connectivity index (χ2n) is 5.16. The third-order valence-corrected chi connectivity index (χ3v) is 3.25. The zero-order chi connectivity index (χ0) is 13.1. The van der Waals surface area contributed by atoms with E-state index in [9.17, 15) is 5.11 Å². The van der Waals surface area contributed by atoms with Crippen LogP contribution in [0.1, 0.15) is 25.5 Å². The minimum Gasteiger partial charge on any atom is -0.399 e. The smallest absolute Gasteiger partial charge is 0.0916 e. The molecule has 1 aromatic rings. The van der Waals surface area contributed by atoms with Gasteiger partial charge in [0, 0.05) is 25.3 Å². The molecule has 18 heavy (non-hydrogen) atoms. The van der Waals surface area contributed by atoms with Gasteiger partial charge in [0.25, 0.3) is 0 Å². The Bertz CT molecular complexity index is 370. The number of hydrogen-bond acceptors (Lipinski definition) is 4. The summed E-state index contributed by atoms with van der Waals surface area (Å²) in [6, 6.07) is 7.41. The molecule has 1 aromatic carbocycles. The number of morpholine rings is 1. The van der Waals surface area contributed by atoms with Gasteiger partial charge < -0.3 is 15.6 Å². The monoisotopic (exact) mass is 250 g/mol. The highest BCUT2D eigenvalue weighted by atomic mass is 16.5. The Kier molecular flexibility index (Phi) is 4.22. The number of aliphatic hydroxyl groups excluding tert-OH is 1. The zero-order valence-corrected chi connectivity index (χ0v) is 11.0. The molecule has 100 valence electrons. The summed E-state index contributed by atoms with van der Waals surface area (Å²) in [4.78, 5) is 2.25. The van der Waals surface area contributed by atoms with Crippen molar-refractivity contribution in [2.45, 2.75) is 32.2 Å². The van der Waals surface area contributed by atoms with Crippen LogP contribution in [0.15, 0.2) is 24.3 Å². The second kappa shape index (κ2) is 5.69. The molecule has 1 heterocycles. The number of nitrogens with two attached hydrogens (primary N) is 1. The number of benzene rings is 1. The van der Waals surface area contributed by atoms with Crippen LogP contribution in [0.2, 0.25) is 0 Å². The molecule has 3 atom stereocenters. The van der Waals surface area contributed by atoms with Crippen LogP contribution in [0.4, 0.5) is 5.69 Å². The van der Waals surface area contributed by atoms with Crippen molar-refractivity contribution in [3.05, 3.63) is 29.8 Å². The number of ether oxygens (including phenoxy) is 1. The molecule has 4 heteroatoms. The van der Waals surface area contributed by atoms with Crippen LogP contribution in [0.3, 0.4) is 0 Å². The number of aliphatic hydroxyl groups is 1. The predicted octanol–water partition coefficient (Wildman–Crippen LogP) is 1.41. The Morgan fingerprint density at radius 1 is 1.28 bits per heavy atom. The first-order valence-electron chi connectivity index (χ1n) is 6.46. The molecule has 1 fully saturated rings. The van der Waals surface area contributed by atoms with Gasteiger partial charge in [-0.3, -0.25) is 4.90 Å². The normalized spacial score (nSPS) is 27.1. The van der Waals surface area contributed by atoms with Crippen molar-refractivity contribution in [2.75, 3.05) is 25.4 Å². The first kappa shape index (κ1) is 13.3. The first-order chi connectivity index (χ1) is 8.54. The van der Waals surface area contributed by atoms with Crippen LogP contribution in [-0.2, 0) is 4.74 Å². The van der Waals surface area contributed by atoms with Gasteiger partial charge in [-0.1, -0.05) is 12.1 Å². The molecule has 0 aliphatic carbocycles. The molecular weight excluding hydrogens is 228 g/mol. The van der Waals surface area contributed by atoms with E-state index in [1.54, 1.807) is 0 Å². The van der Waals surface area contributed by atoms with Crippen molar-refractivity contribution in [1.29, 1.82) is 0 Å². The lowest BCUT2D eigenvalue weighted by atomic mass is 10.1. The molecule has 0 spiro atoms. The van der Waals surface area contributed by atoms with E-state index in [1.807, 2.05) is 24.3 Å². The molecule has 0 aromatic heterocycles. The van der Waals surface area contributed by atoms with Crippen LogP contribution in [0, 0.1) is 0 Å². The lowest BCUT2D eigenvalue weighted by Crippen LogP contribution is -2.46. The van der Waals surface area contributed by atoms with Crippen LogP contribution in [0.5, 0.6) is 0 Å². The number of nitrogen functional groups attached to an aromatic ring is 1. The average Bonchev–Trinajstić information content (AvgIpc) is 2.28. The minimum absolute atomic E-state index is 0.229. The third kappa shape index (κ3) is 3.45. The van der Waals surface area contributed by atoms with Crippen molar-refractivity contribution in [2.24, 2.45) is 0 Å². The largest absolute Gasteiger partial charge is 0.399 e. The number of nitrogens with zero attached hydrogens (tertiary/aromatic N) is 1. The van der Waals surface area contributed by atoms with Gasteiger partial charge in [0.2, 0.25) is 0 Å². The highest BCUT2D eigenvalue weighted by Gasteiger charge is 2.24. The predicted molar refractivity (Wildman–Crippen MR) is 72.3 cm³/mol. The van der Waals surface area contributed by atoms with Gasteiger partial charge in [-0.2, -0.15) is 0 Å². The Morgan fingerprint density at radius 3 is 2.39 bits per heavy atom. The van der Waals surface area contributed by atoms with E-state index in [4.69, 9.17) is 10.5 Å². The van der Waals surface area contributed by atoms with Crippen LogP contribution >= 0.6 is 0 Å². The van der Waals surface area contributed by atoms with E-state index in [-0.39, 0.29) is 12.2 Å². The Hall–Kier alpha value is -1.10. The summed E-state index contributed by atoms with van der Waals surface area (Å²) >= 11 is 0. The van der Waals surface area contributed by atoms with Gasteiger partial charge in [0.05, 0.1) is 18.3 Å². The standard InChI is InChI=1S/C14H22N2O2/c1-10-7-16(8-11(2)18-10)9-14(17)12-3-5-13(15)6-4-12/h3-6,10-11,14,17H,7-9,15H2,1-2H3. The lowest BCUT2D eigenvalue weighted by molar-refractivity contribution is -0.0767. The van der Waals surface area contributed by atoms with Crippen molar-refractivity contribution in [3.8, 4) is 0 Å². The third-order valence-electron chi connectivity index (χ3n) is 3.25. The summed E-state index contributed by atoms with van der Waals surface area (Å²) < 4.78 is 5.68. The number of rotatable bonds is 3. The summed E-state index contributed by atoms with van der Waals surface area (Å²) in [6.07, 6.45) is -0.0113. The molecule has 2 rings (SSSR count). The van der Waals surface area contributed by atoms with Gasteiger partial charge >= 0.3 is 0 Å². The van der Waals surface area contributed by atoms with E-state index in [0.717, 1.165) is 24.3 Å². The van der Waals surface area contributed by atoms with Crippen molar-refractivity contribution in [1.82, 2.24) is 4.90 Å². The summed E-state index contributed by atoms with van der Waals surface area (Å²) in [6.45, 7) is 6.52. The van der Waals surface area contributed by atoms with E-state index >= 15 is 0 Å². The fourth-order valence-electron chi connectivity index (χ4n) is 2.50. The summed E-state index contributed by atoms with van der Waals surface area (Å²) in [5.74, 6) is 0. The average molecular weight is 250 g/mol. The van der Waals surface area contributed by atoms with Gasteiger partial charge in [-0.05, 0) is 31.5 Å². The molecule has 3 unspecified atom stereocenters. The van der Waals surface area contributed by atoms with Crippen molar-refractivity contribution in [3.63, 3.8) is 0 Å². The summed E-state index contributed by atoms with van der Waals surface area (Å²) in [5.41, 5.74) is 7.27. The highest BCUT2D eigenvalue weighted by molar-refractivity contribution is 5.39. The fourth-order valence-corrected chi connectivity index (χ4v) is 2.50. The van der Waals surface area contributed by atoms with Crippen molar-refractivity contribution < 1.29 is 9.84 Å². The van der Waals surface area contributed by atoms with Gasteiger partial charge in [0.1, 0.15) is 0 Å². The highest BCUT2D eigenvalue weighted by Crippen LogP contribution is 2.18. The summed E-state index contributed by atoms with van der Waals surface area (Å²) in [7, 11) is 0. The van der Waals surface area contributed by atoms with Crippen LogP contribution in [0.25, 0.3) is 0 Å². The maximum absolute atomic E-state index is 10.2. The Labute approximate surface area is 108 Å². The maximum atomic E-state index is 10.2. The number of anilines is 1. The van der Waals surface area contributed by atoms with Crippen LogP contribution in [-0.4, -0.2) is 41.8 Å². The Morgan fingerprint density at radius 2 is 1.83 bits per heavy atom. The molecule has 4 nitrogen and oxygen atoms in total. The molecule has 0 amide bonds. The zero-order valence-electron chi connectivity index (χ0n) is 11.0. The molecule has 0 bridgehead atoms. The maximum Gasteiger partial charge on any atom is 0.0916 e. The van der Waals surface area contributed by atoms with E-state index < -0.39 is 6.10 Å². The van der Waals surface area contributed by atoms with Gasteiger partial charge in [-0.25, -0.2) is 0 Å². The molecule has 1 aliphatic heterocycles. The summed E-state index contributed by atoms with van der Waals surface area (Å²) in [5, 5.41) is 10.2. The van der Waals surface area contributed by atoms with Crippen LogP contribution < -0.4 is 5.73 Å². The molecule has 0 saturated carbocycles. The van der Waals surface area contributed by atoms with E-state index in [2.05, 4.69) is 18.7 Å². The van der Waals surface area contributed by atoms with E-state index in [1.165, 1.54) is 0 Å². The minimum atomic E-state index is -0.469. The Balaban J connectivity index is 1.94. The van der Waals surface area contributed by atoms with Gasteiger partial charge in [0.15, 0.2) is 0 Å². The fraction of sp³-hybridized carbons (Fsp3) is 0.571. The number of β-amino-alcohol motifs (C(OH)–C–C–N with tert-alkyl or cyclic N) is 1. The molecule has 1 saturated heterocycles. The van der Waals surface area contributed by atoms with Gasteiger partial charge in [-0.15, -0.1) is 0 Å². The number of hydrogen-bond donors (Lipinski definition) is 2. The molecule has 1 aliphatic rings. The SMILES string of the molecule is CC1CN(CC(O)c2ccc(N)cc2)CC(C)O1. The molecule has 0 radical (unpaired) electrons.